The van der Waals surface area contributed by atoms with Gasteiger partial charge in [-0.1, -0.05) is 18.2 Å². The third-order valence-corrected chi connectivity index (χ3v) is 4.45. The highest BCUT2D eigenvalue weighted by atomic mass is 16.6. The van der Waals surface area contributed by atoms with Crippen molar-refractivity contribution in [2.45, 2.75) is 45.3 Å². The number of fused-ring (bicyclic) bond motifs is 1. The summed E-state index contributed by atoms with van der Waals surface area (Å²) in [5, 5.41) is 12.5. The van der Waals surface area contributed by atoms with Gasteiger partial charge in [-0.2, -0.15) is 0 Å². The van der Waals surface area contributed by atoms with Crippen molar-refractivity contribution in [3.63, 3.8) is 0 Å². The molecule has 7 heteroatoms. The number of rotatable bonds is 3. The van der Waals surface area contributed by atoms with E-state index < -0.39 is 5.60 Å². The molecule has 1 saturated heterocycles. The molecule has 1 aliphatic rings. The van der Waals surface area contributed by atoms with Crippen LogP contribution in [-0.2, 0) is 4.74 Å². The van der Waals surface area contributed by atoms with Gasteiger partial charge in [0, 0.05) is 37.4 Å². The standard InChI is InChI=1S/C20H24N2O5/c1-20(2,3)27-19(23)21-12-10-14(11-13-21)26-18-9-8-17(22(24)25)15-6-4-5-7-16(15)18/h4-9,14H,10-13H2,1-3H3. The molecule has 0 aliphatic carbocycles. The molecule has 0 spiro atoms. The molecule has 0 bridgehead atoms. The minimum absolute atomic E-state index is 0.0476. The zero-order valence-electron chi connectivity index (χ0n) is 15.8. The molecule has 2 aromatic rings. The molecule has 1 heterocycles. The van der Waals surface area contributed by atoms with Gasteiger partial charge in [-0.05, 0) is 32.9 Å². The van der Waals surface area contributed by atoms with E-state index in [1.54, 1.807) is 23.1 Å². The van der Waals surface area contributed by atoms with E-state index in [4.69, 9.17) is 9.47 Å². The molecule has 2 aromatic carbocycles. The van der Waals surface area contributed by atoms with Crippen molar-refractivity contribution >= 4 is 22.6 Å². The highest BCUT2D eigenvalue weighted by molar-refractivity contribution is 5.95. The van der Waals surface area contributed by atoms with Gasteiger partial charge >= 0.3 is 6.09 Å². The number of benzene rings is 2. The van der Waals surface area contributed by atoms with Crippen LogP contribution in [0.25, 0.3) is 10.8 Å². The molecule has 0 atom stereocenters. The van der Waals surface area contributed by atoms with Gasteiger partial charge in [0.2, 0.25) is 0 Å². The Morgan fingerprint density at radius 1 is 1.11 bits per heavy atom. The van der Waals surface area contributed by atoms with Gasteiger partial charge in [0.25, 0.3) is 5.69 Å². The van der Waals surface area contributed by atoms with Gasteiger partial charge in [0.1, 0.15) is 17.5 Å². The maximum absolute atomic E-state index is 12.2. The predicted octanol–water partition coefficient (Wildman–Crippen LogP) is 4.53. The lowest BCUT2D eigenvalue weighted by Gasteiger charge is -2.33. The zero-order valence-corrected chi connectivity index (χ0v) is 15.8. The minimum atomic E-state index is -0.512. The van der Waals surface area contributed by atoms with Crippen molar-refractivity contribution in [3.05, 3.63) is 46.5 Å². The number of amides is 1. The lowest BCUT2D eigenvalue weighted by atomic mass is 10.1. The number of piperidine rings is 1. The first kappa shape index (κ1) is 18.9. The van der Waals surface area contributed by atoms with Crippen molar-refractivity contribution in [2.75, 3.05) is 13.1 Å². The van der Waals surface area contributed by atoms with Gasteiger partial charge in [-0.15, -0.1) is 0 Å². The van der Waals surface area contributed by atoms with E-state index in [9.17, 15) is 14.9 Å². The largest absolute Gasteiger partial charge is 0.490 e. The Balaban J connectivity index is 1.69. The molecular weight excluding hydrogens is 348 g/mol. The van der Waals surface area contributed by atoms with Gasteiger partial charge in [-0.25, -0.2) is 4.79 Å². The Morgan fingerprint density at radius 2 is 1.74 bits per heavy atom. The molecular formula is C20H24N2O5. The fourth-order valence-corrected chi connectivity index (χ4v) is 3.18. The summed E-state index contributed by atoms with van der Waals surface area (Å²) in [5.74, 6) is 0.631. The normalized spacial score (nSPS) is 15.6. The SMILES string of the molecule is CC(C)(C)OC(=O)N1CCC(Oc2ccc([N+](=O)[O-])c3ccccc23)CC1. The average Bonchev–Trinajstić information content (AvgIpc) is 2.61. The van der Waals surface area contributed by atoms with Crippen LogP contribution in [-0.4, -0.2) is 40.7 Å². The maximum Gasteiger partial charge on any atom is 0.410 e. The molecule has 0 radical (unpaired) electrons. The number of ether oxygens (including phenoxy) is 2. The van der Waals surface area contributed by atoms with E-state index in [1.165, 1.54) is 6.07 Å². The molecule has 0 N–H and O–H groups in total. The maximum atomic E-state index is 12.2. The van der Waals surface area contributed by atoms with Gasteiger partial charge in [0.05, 0.1) is 10.3 Å². The van der Waals surface area contributed by atoms with E-state index >= 15 is 0 Å². The van der Waals surface area contributed by atoms with Crippen molar-refractivity contribution in [3.8, 4) is 5.75 Å². The molecule has 1 aliphatic heterocycles. The number of nitro benzene ring substituents is 1. The molecule has 0 unspecified atom stereocenters. The van der Waals surface area contributed by atoms with Crippen molar-refractivity contribution in [1.82, 2.24) is 4.90 Å². The van der Waals surface area contributed by atoms with Crippen LogP contribution >= 0.6 is 0 Å². The number of hydrogen-bond donors (Lipinski definition) is 0. The van der Waals surface area contributed by atoms with E-state index in [-0.39, 0.29) is 22.8 Å². The van der Waals surface area contributed by atoms with Gasteiger partial charge in [-0.3, -0.25) is 10.1 Å². The first-order valence-corrected chi connectivity index (χ1v) is 9.05. The van der Waals surface area contributed by atoms with Crippen molar-refractivity contribution < 1.29 is 19.2 Å². The Hall–Kier alpha value is -2.83. The monoisotopic (exact) mass is 372 g/mol. The Kier molecular flexibility index (Phi) is 5.21. The lowest BCUT2D eigenvalue weighted by Crippen LogP contribution is -2.44. The van der Waals surface area contributed by atoms with Crippen LogP contribution in [0.2, 0.25) is 0 Å². The molecule has 3 rings (SSSR count). The number of carbonyl (C=O) groups is 1. The molecule has 0 saturated carbocycles. The Bertz CT molecular complexity index is 851. The lowest BCUT2D eigenvalue weighted by molar-refractivity contribution is -0.383. The smallest absolute Gasteiger partial charge is 0.410 e. The second kappa shape index (κ2) is 7.42. The molecule has 7 nitrogen and oxygen atoms in total. The number of nitrogens with zero attached hydrogens (tertiary/aromatic N) is 2. The Morgan fingerprint density at radius 3 is 2.33 bits per heavy atom. The summed E-state index contributed by atoms with van der Waals surface area (Å²) in [7, 11) is 0. The number of likely N-dealkylation sites (tertiary alicyclic amines) is 1. The molecule has 0 aromatic heterocycles. The highest BCUT2D eigenvalue weighted by Crippen LogP contribution is 2.34. The van der Waals surface area contributed by atoms with Crippen LogP contribution in [0.5, 0.6) is 5.75 Å². The first-order valence-electron chi connectivity index (χ1n) is 9.05. The molecule has 1 amide bonds. The minimum Gasteiger partial charge on any atom is -0.490 e. The second-order valence-electron chi connectivity index (χ2n) is 7.67. The van der Waals surface area contributed by atoms with Crippen LogP contribution in [0, 0.1) is 10.1 Å². The third-order valence-electron chi connectivity index (χ3n) is 4.45. The van der Waals surface area contributed by atoms with Crippen LogP contribution in [0.3, 0.4) is 0 Å². The Labute approximate surface area is 158 Å². The summed E-state index contributed by atoms with van der Waals surface area (Å²) >= 11 is 0. The summed E-state index contributed by atoms with van der Waals surface area (Å²) in [4.78, 5) is 24.7. The van der Waals surface area contributed by atoms with E-state index in [0.29, 0.717) is 37.1 Å². The number of non-ortho nitro benzene ring substituents is 1. The number of nitro groups is 1. The van der Waals surface area contributed by atoms with Gasteiger partial charge < -0.3 is 14.4 Å². The zero-order chi connectivity index (χ0) is 19.6. The third kappa shape index (κ3) is 4.48. The fraction of sp³-hybridized carbons (Fsp3) is 0.450. The summed E-state index contributed by atoms with van der Waals surface area (Å²) in [5.41, 5.74) is -0.444. The van der Waals surface area contributed by atoms with E-state index in [0.717, 1.165) is 5.39 Å². The predicted molar refractivity (Wildman–Crippen MR) is 102 cm³/mol. The summed E-state index contributed by atoms with van der Waals surface area (Å²) in [6.07, 6.45) is 1.02. The van der Waals surface area contributed by atoms with Crippen molar-refractivity contribution in [1.29, 1.82) is 0 Å². The summed E-state index contributed by atoms with van der Waals surface area (Å²) < 4.78 is 11.5. The quantitative estimate of drug-likeness (QED) is 0.584. The molecule has 27 heavy (non-hydrogen) atoms. The summed E-state index contributed by atoms with van der Waals surface area (Å²) in [6.45, 7) is 6.66. The van der Waals surface area contributed by atoms with Crippen LogP contribution in [0.4, 0.5) is 10.5 Å². The van der Waals surface area contributed by atoms with E-state index in [1.807, 2.05) is 32.9 Å². The van der Waals surface area contributed by atoms with Crippen LogP contribution in [0.15, 0.2) is 36.4 Å². The summed E-state index contributed by atoms with van der Waals surface area (Å²) in [6, 6.07) is 10.3. The van der Waals surface area contributed by atoms with Crippen molar-refractivity contribution in [2.24, 2.45) is 0 Å². The average molecular weight is 372 g/mol. The topological polar surface area (TPSA) is 81.9 Å². The second-order valence-corrected chi connectivity index (χ2v) is 7.67. The van der Waals surface area contributed by atoms with Crippen LogP contribution in [0.1, 0.15) is 33.6 Å². The van der Waals surface area contributed by atoms with E-state index in [2.05, 4.69) is 0 Å². The number of hydrogen-bond acceptors (Lipinski definition) is 5. The highest BCUT2D eigenvalue weighted by Gasteiger charge is 2.28. The van der Waals surface area contributed by atoms with Crippen LogP contribution < -0.4 is 4.74 Å². The number of carbonyl (C=O) groups excluding carboxylic acids is 1. The van der Waals surface area contributed by atoms with Gasteiger partial charge in [0.15, 0.2) is 0 Å². The molecule has 144 valence electrons. The molecule has 1 fully saturated rings. The first-order chi connectivity index (χ1) is 12.7. The fourth-order valence-electron chi connectivity index (χ4n) is 3.18.